The standard InChI is InChI=1S/C20H21N3O2/c1-14-6-7-19(22-11-14)25-16-8-9-23(13-16)20(24)10-15-12-21-18-5-3-2-4-17(15)18/h2-7,11-12,16,21H,8-10,13H2,1H3. The molecule has 1 amide bonds. The highest BCUT2D eigenvalue weighted by Gasteiger charge is 2.28. The van der Waals surface area contributed by atoms with Gasteiger partial charge in [-0.2, -0.15) is 0 Å². The Labute approximate surface area is 146 Å². The third-order valence-electron chi connectivity index (χ3n) is 4.69. The molecule has 5 nitrogen and oxygen atoms in total. The summed E-state index contributed by atoms with van der Waals surface area (Å²) >= 11 is 0. The van der Waals surface area contributed by atoms with E-state index in [4.69, 9.17) is 4.74 Å². The van der Waals surface area contributed by atoms with Crippen molar-refractivity contribution in [2.24, 2.45) is 0 Å². The molecule has 0 aliphatic carbocycles. The number of carbonyl (C=O) groups is 1. The van der Waals surface area contributed by atoms with Crippen LogP contribution in [0.2, 0.25) is 0 Å². The fraction of sp³-hybridized carbons (Fsp3) is 0.300. The number of nitrogens with zero attached hydrogens (tertiary/aromatic N) is 2. The summed E-state index contributed by atoms with van der Waals surface area (Å²) in [6, 6.07) is 11.9. The van der Waals surface area contributed by atoms with Crippen LogP contribution in [-0.2, 0) is 11.2 Å². The van der Waals surface area contributed by atoms with Gasteiger partial charge in [0.15, 0.2) is 0 Å². The topological polar surface area (TPSA) is 58.2 Å². The van der Waals surface area contributed by atoms with Crippen LogP contribution in [0.15, 0.2) is 48.8 Å². The van der Waals surface area contributed by atoms with Crippen LogP contribution in [-0.4, -0.2) is 40.0 Å². The molecular formula is C20H21N3O2. The van der Waals surface area contributed by atoms with Crippen LogP contribution in [0.1, 0.15) is 17.5 Å². The van der Waals surface area contributed by atoms with E-state index in [0.717, 1.165) is 35.0 Å². The normalized spacial score (nSPS) is 17.2. The van der Waals surface area contributed by atoms with Crippen LogP contribution in [0.4, 0.5) is 0 Å². The number of fused-ring (bicyclic) bond motifs is 1. The van der Waals surface area contributed by atoms with Gasteiger partial charge in [-0.25, -0.2) is 4.98 Å². The molecule has 3 aromatic rings. The first-order valence-electron chi connectivity index (χ1n) is 8.61. The number of aromatic nitrogens is 2. The summed E-state index contributed by atoms with van der Waals surface area (Å²) in [5.41, 5.74) is 3.22. The van der Waals surface area contributed by atoms with Gasteiger partial charge in [0, 0.05) is 42.3 Å². The number of amides is 1. The van der Waals surface area contributed by atoms with Crippen LogP contribution in [0.5, 0.6) is 5.88 Å². The van der Waals surface area contributed by atoms with Gasteiger partial charge >= 0.3 is 0 Å². The lowest BCUT2D eigenvalue weighted by atomic mass is 10.1. The van der Waals surface area contributed by atoms with Crippen molar-refractivity contribution in [3.8, 4) is 5.88 Å². The Morgan fingerprint density at radius 3 is 3.04 bits per heavy atom. The summed E-state index contributed by atoms with van der Waals surface area (Å²) in [5, 5.41) is 1.12. The van der Waals surface area contributed by atoms with E-state index in [1.165, 1.54) is 0 Å². The van der Waals surface area contributed by atoms with Crippen molar-refractivity contribution in [1.82, 2.24) is 14.9 Å². The zero-order valence-corrected chi connectivity index (χ0v) is 14.2. The van der Waals surface area contributed by atoms with Gasteiger partial charge in [-0.3, -0.25) is 4.79 Å². The van der Waals surface area contributed by atoms with Crippen molar-refractivity contribution in [2.75, 3.05) is 13.1 Å². The largest absolute Gasteiger partial charge is 0.472 e. The molecule has 2 aromatic heterocycles. The second-order valence-electron chi connectivity index (χ2n) is 6.58. The maximum Gasteiger partial charge on any atom is 0.227 e. The maximum absolute atomic E-state index is 12.6. The number of benzene rings is 1. The zero-order valence-electron chi connectivity index (χ0n) is 14.2. The third-order valence-corrected chi connectivity index (χ3v) is 4.69. The SMILES string of the molecule is Cc1ccc(OC2CCN(C(=O)Cc3c[nH]c4ccccc34)C2)nc1. The number of ether oxygens (including phenoxy) is 1. The lowest BCUT2D eigenvalue weighted by Crippen LogP contribution is -2.32. The minimum atomic E-state index is 0.0159. The highest BCUT2D eigenvalue weighted by Crippen LogP contribution is 2.21. The Kier molecular flexibility index (Phi) is 4.14. The van der Waals surface area contributed by atoms with Gasteiger partial charge in [0.05, 0.1) is 13.0 Å². The van der Waals surface area contributed by atoms with Gasteiger partial charge in [-0.15, -0.1) is 0 Å². The van der Waals surface area contributed by atoms with Crippen LogP contribution in [0.25, 0.3) is 10.9 Å². The van der Waals surface area contributed by atoms with E-state index in [9.17, 15) is 4.79 Å². The van der Waals surface area contributed by atoms with Gasteiger partial charge in [0.25, 0.3) is 0 Å². The molecule has 0 spiro atoms. The molecule has 0 radical (unpaired) electrons. The number of aromatic amines is 1. The summed E-state index contributed by atoms with van der Waals surface area (Å²) in [7, 11) is 0. The first-order chi connectivity index (χ1) is 12.2. The van der Waals surface area contributed by atoms with Crippen molar-refractivity contribution in [3.05, 3.63) is 59.9 Å². The molecule has 25 heavy (non-hydrogen) atoms. The summed E-state index contributed by atoms with van der Waals surface area (Å²) in [6.45, 7) is 3.35. The van der Waals surface area contributed by atoms with Gasteiger partial charge in [0.1, 0.15) is 6.10 Å². The second-order valence-corrected chi connectivity index (χ2v) is 6.58. The number of hydrogen-bond donors (Lipinski definition) is 1. The monoisotopic (exact) mass is 335 g/mol. The number of likely N-dealkylation sites (tertiary alicyclic amines) is 1. The molecule has 128 valence electrons. The van der Waals surface area contributed by atoms with Gasteiger partial charge in [0.2, 0.25) is 11.8 Å². The lowest BCUT2D eigenvalue weighted by Gasteiger charge is -2.17. The van der Waals surface area contributed by atoms with E-state index in [1.54, 1.807) is 6.20 Å². The van der Waals surface area contributed by atoms with E-state index in [0.29, 0.717) is 18.8 Å². The van der Waals surface area contributed by atoms with E-state index in [-0.39, 0.29) is 12.0 Å². The highest BCUT2D eigenvalue weighted by atomic mass is 16.5. The molecule has 1 aliphatic rings. The van der Waals surface area contributed by atoms with E-state index in [2.05, 4.69) is 9.97 Å². The van der Waals surface area contributed by atoms with E-state index in [1.807, 2.05) is 54.4 Å². The average Bonchev–Trinajstić information content (AvgIpc) is 3.25. The summed E-state index contributed by atoms with van der Waals surface area (Å²) in [4.78, 5) is 22.0. The Balaban J connectivity index is 1.38. The molecule has 1 saturated heterocycles. The summed E-state index contributed by atoms with van der Waals surface area (Å²) < 4.78 is 5.90. The summed E-state index contributed by atoms with van der Waals surface area (Å²) in [5.74, 6) is 0.772. The predicted molar refractivity (Wildman–Crippen MR) is 96.6 cm³/mol. The minimum absolute atomic E-state index is 0.0159. The Bertz CT molecular complexity index is 885. The zero-order chi connectivity index (χ0) is 17.2. The molecule has 4 rings (SSSR count). The number of nitrogens with one attached hydrogen (secondary N) is 1. The average molecular weight is 335 g/mol. The maximum atomic E-state index is 12.6. The predicted octanol–water partition coefficient (Wildman–Crippen LogP) is 3.09. The van der Waals surface area contributed by atoms with Gasteiger partial charge < -0.3 is 14.6 Å². The summed E-state index contributed by atoms with van der Waals surface area (Å²) in [6.07, 6.45) is 5.00. The highest BCUT2D eigenvalue weighted by molar-refractivity contribution is 5.89. The number of pyridine rings is 1. The van der Waals surface area contributed by atoms with Gasteiger partial charge in [-0.05, 0) is 24.1 Å². The van der Waals surface area contributed by atoms with Crippen molar-refractivity contribution in [1.29, 1.82) is 0 Å². The van der Waals surface area contributed by atoms with E-state index >= 15 is 0 Å². The fourth-order valence-electron chi connectivity index (χ4n) is 3.30. The molecule has 0 saturated carbocycles. The molecule has 3 heterocycles. The molecule has 1 N–H and O–H groups in total. The van der Waals surface area contributed by atoms with Crippen molar-refractivity contribution < 1.29 is 9.53 Å². The number of hydrogen-bond acceptors (Lipinski definition) is 3. The Hall–Kier alpha value is -2.82. The molecule has 1 fully saturated rings. The molecule has 1 atom stereocenters. The van der Waals surface area contributed by atoms with Crippen LogP contribution >= 0.6 is 0 Å². The molecule has 1 aromatic carbocycles. The first-order valence-corrected chi connectivity index (χ1v) is 8.61. The molecule has 1 unspecified atom stereocenters. The number of carbonyl (C=O) groups excluding carboxylic acids is 1. The fourth-order valence-corrected chi connectivity index (χ4v) is 3.30. The smallest absolute Gasteiger partial charge is 0.227 e. The molecule has 1 aliphatic heterocycles. The van der Waals surface area contributed by atoms with Crippen LogP contribution in [0, 0.1) is 6.92 Å². The second kappa shape index (κ2) is 6.59. The number of para-hydroxylation sites is 1. The van der Waals surface area contributed by atoms with Crippen LogP contribution in [0.3, 0.4) is 0 Å². The third kappa shape index (κ3) is 3.36. The molecular weight excluding hydrogens is 314 g/mol. The molecule has 5 heteroatoms. The Morgan fingerprint density at radius 2 is 2.20 bits per heavy atom. The van der Waals surface area contributed by atoms with E-state index < -0.39 is 0 Å². The van der Waals surface area contributed by atoms with Crippen LogP contribution < -0.4 is 4.74 Å². The van der Waals surface area contributed by atoms with Gasteiger partial charge in [-0.1, -0.05) is 24.3 Å². The lowest BCUT2D eigenvalue weighted by molar-refractivity contribution is -0.129. The quantitative estimate of drug-likeness (QED) is 0.797. The molecule has 0 bridgehead atoms. The Morgan fingerprint density at radius 1 is 1.32 bits per heavy atom. The number of H-pyrrole nitrogens is 1. The first kappa shape index (κ1) is 15.7. The minimum Gasteiger partial charge on any atom is -0.472 e. The number of rotatable bonds is 4. The van der Waals surface area contributed by atoms with Crippen molar-refractivity contribution in [3.63, 3.8) is 0 Å². The van der Waals surface area contributed by atoms with Crippen molar-refractivity contribution >= 4 is 16.8 Å². The number of aryl methyl sites for hydroxylation is 1. The van der Waals surface area contributed by atoms with Crippen molar-refractivity contribution in [2.45, 2.75) is 25.9 Å².